The molecule has 31 heavy (non-hydrogen) atoms. The van der Waals surface area contributed by atoms with Crippen molar-refractivity contribution >= 4 is 27.6 Å². The third kappa shape index (κ3) is 6.09. The second-order valence-corrected chi connectivity index (χ2v) is 7.98. The summed E-state index contributed by atoms with van der Waals surface area (Å²) in [6.45, 7) is -0.352. The second-order valence-electron chi connectivity index (χ2n) is 6.29. The first kappa shape index (κ1) is 21.9. The predicted molar refractivity (Wildman–Crippen MR) is 111 cm³/mol. The summed E-state index contributed by atoms with van der Waals surface area (Å²) in [5.74, 6) is -0.202. The van der Waals surface area contributed by atoms with E-state index in [1.54, 1.807) is 36.4 Å². The van der Waals surface area contributed by atoms with Crippen LogP contribution in [0.3, 0.4) is 0 Å². The number of rotatable bonds is 9. The summed E-state index contributed by atoms with van der Waals surface area (Å²) in [6, 6.07) is 15.0. The van der Waals surface area contributed by atoms with Crippen molar-refractivity contribution in [3.05, 3.63) is 78.3 Å². The Kier molecular flexibility index (Phi) is 6.93. The number of sulfonamides is 1. The molecule has 0 radical (unpaired) electrons. The highest BCUT2D eigenvalue weighted by atomic mass is 32.2. The van der Waals surface area contributed by atoms with E-state index >= 15 is 0 Å². The van der Waals surface area contributed by atoms with Crippen LogP contribution < -0.4 is 14.8 Å². The first-order valence-corrected chi connectivity index (χ1v) is 10.6. The maximum absolute atomic E-state index is 12.6. The van der Waals surface area contributed by atoms with Gasteiger partial charge in [-0.15, -0.1) is 0 Å². The lowest BCUT2D eigenvalue weighted by Gasteiger charge is -2.10. The van der Waals surface area contributed by atoms with Crippen LogP contribution in [0.15, 0.2) is 76.2 Å². The van der Waals surface area contributed by atoms with E-state index < -0.39 is 28.5 Å². The van der Waals surface area contributed by atoms with Gasteiger partial charge in [0.1, 0.15) is 11.5 Å². The minimum absolute atomic E-state index is 0.00330. The average Bonchev–Trinajstić information content (AvgIpc) is 3.30. The molecule has 0 aliphatic heterocycles. The summed E-state index contributed by atoms with van der Waals surface area (Å²) < 4.78 is 42.8. The van der Waals surface area contributed by atoms with Crippen LogP contribution in [0.25, 0.3) is 0 Å². The molecule has 3 aromatic rings. The van der Waals surface area contributed by atoms with Crippen molar-refractivity contribution in [1.29, 1.82) is 0 Å². The van der Waals surface area contributed by atoms with Crippen molar-refractivity contribution in [3.63, 3.8) is 0 Å². The molecule has 0 saturated heterocycles. The number of methoxy groups -OCH3 is 1. The predicted octanol–water partition coefficient (Wildman–Crippen LogP) is 2.56. The van der Waals surface area contributed by atoms with Crippen molar-refractivity contribution in [3.8, 4) is 5.75 Å². The fraction of sp³-hybridized carbons (Fsp3) is 0.143. The lowest BCUT2D eigenvalue weighted by atomic mass is 10.2. The van der Waals surface area contributed by atoms with Crippen LogP contribution in [0.1, 0.15) is 16.1 Å². The molecule has 2 N–H and O–H groups in total. The number of hydrogen-bond donors (Lipinski definition) is 2. The Morgan fingerprint density at radius 1 is 1.03 bits per heavy atom. The van der Waals surface area contributed by atoms with E-state index in [1.807, 2.05) is 0 Å². The Morgan fingerprint density at radius 2 is 1.81 bits per heavy atom. The standard InChI is InChI=1S/C21H20N2O7S/c1-28-17-9-7-16(8-10-17)23-31(26,27)19-6-2-4-15(12-19)21(25)30-14-20(24)22-13-18-5-3-11-29-18/h2-12,23H,13-14H2,1H3,(H,22,24). The van der Waals surface area contributed by atoms with Gasteiger partial charge in [0.05, 0.1) is 30.4 Å². The second kappa shape index (κ2) is 9.81. The average molecular weight is 444 g/mol. The summed E-state index contributed by atoms with van der Waals surface area (Å²) in [5, 5.41) is 2.54. The first-order valence-electron chi connectivity index (χ1n) is 9.10. The van der Waals surface area contributed by atoms with Gasteiger partial charge in [-0.1, -0.05) is 6.07 Å². The van der Waals surface area contributed by atoms with Gasteiger partial charge in [-0.25, -0.2) is 13.2 Å². The number of amides is 1. The van der Waals surface area contributed by atoms with E-state index in [4.69, 9.17) is 13.9 Å². The molecule has 0 bridgehead atoms. The van der Waals surface area contributed by atoms with Gasteiger partial charge in [-0.2, -0.15) is 0 Å². The van der Waals surface area contributed by atoms with Crippen LogP contribution in [-0.2, 0) is 26.1 Å². The van der Waals surface area contributed by atoms with Gasteiger partial charge in [0.25, 0.3) is 15.9 Å². The van der Waals surface area contributed by atoms with Crippen LogP contribution in [0.4, 0.5) is 5.69 Å². The minimum atomic E-state index is -3.94. The van der Waals surface area contributed by atoms with Gasteiger partial charge in [0, 0.05) is 5.69 Å². The van der Waals surface area contributed by atoms with Crippen molar-refractivity contribution < 1.29 is 31.9 Å². The van der Waals surface area contributed by atoms with Gasteiger partial charge in [0.15, 0.2) is 6.61 Å². The van der Waals surface area contributed by atoms with Gasteiger partial charge < -0.3 is 19.2 Å². The van der Waals surface area contributed by atoms with Crippen LogP contribution in [0.2, 0.25) is 0 Å². The SMILES string of the molecule is COc1ccc(NS(=O)(=O)c2cccc(C(=O)OCC(=O)NCc3ccco3)c2)cc1. The number of carbonyl (C=O) groups is 2. The van der Waals surface area contributed by atoms with Crippen LogP contribution in [-0.4, -0.2) is 34.0 Å². The van der Waals surface area contributed by atoms with Gasteiger partial charge in [-0.05, 0) is 54.6 Å². The highest BCUT2D eigenvalue weighted by Crippen LogP contribution is 2.20. The zero-order chi connectivity index (χ0) is 22.3. The number of benzene rings is 2. The van der Waals surface area contributed by atoms with E-state index in [9.17, 15) is 18.0 Å². The Hall–Kier alpha value is -3.79. The van der Waals surface area contributed by atoms with Crippen molar-refractivity contribution in [2.24, 2.45) is 0 Å². The molecule has 1 heterocycles. The molecule has 9 nitrogen and oxygen atoms in total. The fourth-order valence-corrected chi connectivity index (χ4v) is 3.63. The molecule has 10 heteroatoms. The van der Waals surface area contributed by atoms with Gasteiger partial charge in [-0.3, -0.25) is 9.52 Å². The molecule has 162 valence electrons. The highest BCUT2D eigenvalue weighted by molar-refractivity contribution is 7.92. The summed E-state index contributed by atoms with van der Waals surface area (Å²) in [7, 11) is -2.44. The van der Waals surface area contributed by atoms with Crippen LogP contribution in [0, 0.1) is 0 Å². The molecule has 0 fully saturated rings. The lowest BCUT2D eigenvalue weighted by Crippen LogP contribution is -2.28. The number of carbonyl (C=O) groups excluding carboxylic acids is 2. The van der Waals surface area contributed by atoms with Crippen molar-refractivity contribution in [1.82, 2.24) is 5.32 Å². The third-order valence-corrected chi connectivity index (χ3v) is 5.48. The van der Waals surface area contributed by atoms with E-state index in [0.29, 0.717) is 17.2 Å². The van der Waals surface area contributed by atoms with E-state index in [-0.39, 0.29) is 17.0 Å². The molecule has 0 aliphatic rings. The summed E-state index contributed by atoms with van der Waals surface area (Å²) in [6.07, 6.45) is 1.48. The Morgan fingerprint density at radius 3 is 2.48 bits per heavy atom. The number of esters is 1. The minimum Gasteiger partial charge on any atom is -0.497 e. The van der Waals surface area contributed by atoms with Gasteiger partial charge >= 0.3 is 5.97 Å². The van der Waals surface area contributed by atoms with Crippen LogP contribution in [0.5, 0.6) is 5.75 Å². The molecule has 0 unspecified atom stereocenters. The smallest absolute Gasteiger partial charge is 0.338 e. The number of furan rings is 1. The normalized spacial score (nSPS) is 10.9. The lowest BCUT2D eigenvalue weighted by molar-refractivity contribution is -0.124. The zero-order valence-electron chi connectivity index (χ0n) is 16.5. The Bertz CT molecular complexity index is 1140. The number of anilines is 1. The van der Waals surface area contributed by atoms with Crippen molar-refractivity contribution in [2.45, 2.75) is 11.4 Å². The molecule has 3 rings (SSSR count). The number of nitrogens with one attached hydrogen (secondary N) is 2. The van der Waals surface area contributed by atoms with Crippen LogP contribution >= 0.6 is 0 Å². The molecule has 1 amide bonds. The molecule has 0 atom stereocenters. The Balaban J connectivity index is 1.60. The zero-order valence-corrected chi connectivity index (χ0v) is 17.3. The molecular formula is C21H20N2O7S. The largest absolute Gasteiger partial charge is 0.497 e. The van der Waals surface area contributed by atoms with Gasteiger partial charge in [0.2, 0.25) is 0 Å². The molecule has 2 aromatic carbocycles. The summed E-state index contributed by atoms with van der Waals surface area (Å²) in [4.78, 5) is 23.9. The molecule has 0 aliphatic carbocycles. The third-order valence-electron chi connectivity index (χ3n) is 4.10. The molecular weight excluding hydrogens is 424 g/mol. The monoisotopic (exact) mass is 444 g/mol. The number of hydrogen-bond acceptors (Lipinski definition) is 7. The summed E-state index contributed by atoms with van der Waals surface area (Å²) >= 11 is 0. The Labute approximate surface area is 179 Å². The van der Waals surface area contributed by atoms with E-state index in [2.05, 4.69) is 10.0 Å². The fourth-order valence-electron chi connectivity index (χ4n) is 2.53. The van der Waals surface area contributed by atoms with E-state index in [1.165, 1.54) is 37.6 Å². The molecule has 0 spiro atoms. The highest BCUT2D eigenvalue weighted by Gasteiger charge is 2.18. The van der Waals surface area contributed by atoms with E-state index in [0.717, 1.165) is 0 Å². The first-order chi connectivity index (χ1) is 14.9. The maximum atomic E-state index is 12.6. The van der Waals surface area contributed by atoms with Crippen molar-refractivity contribution in [2.75, 3.05) is 18.4 Å². The number of ether oxygens (including phenoxy) is 2. The molecule has 1 aromatic heterocycles. The molecule has 0 saturated carbocycles. The topological polar surface area (TPSA) is 124 Å². The maximum Gasteiger partial charge on any atom is 0.338 e. The quantitative estimate of drug-likeness (QED) is 0.486. The summed E-state index contributed by atoms with van der Waals surface area (Å²) in [5.41, 5.74) is 0.332.